The van der Waals surface area contributed by atoms with E-state index in [2.05, 4.69) is 4.98 Å². The fraction of sp³-hybridized carbons (Fsp3) is 0.692. The van der Waals surface area contributed by atoms with Gasteiger partial charge in [-0.05, 0) is 26.2 Å². The van der Waals surface area contributed by atoms with Gasteiger partial charge in [0.25, 0.3) is 0 Å². The van der Waals surface area contributed by atoms with Gasteiger partial charge in [0.2, 0.25) is 0 Å². The highest BCUT2D eigenvalue weighted by Gasteiger charge is 2.38. The summed E-state index contributed by atoms with van der Waals surface area (Å²) in [7, 11) is 0. The van der Waals surface area contributed by atoms with Gasteiger partial charge in [0, 0.05) is 17.8 Å². The predicted octanol–water partition coefficient (Wildman–Crippen LogP) is 2.38. The van der Waals surface area contributed by atoms with Crippen molar-refractivity contribution in [3.8, 4) is 0 Å². The second-order valence-corrected chi connectivity index (χ2v) is 6.60. The quantitative estimate of drug-likeness (QED) is 0.832. The molecule has 0 amide bonds. The Kier molecular flexibility index (Phi) is 4.87. The van der Waals surface area contributed by atoms with E-state index in [0.29, 0.717) is 18.8 Å². The van der Waals surface area contributed by atoms with Gasteiger partial charge in [-0.25, -0.2) is 4.98 Å². The fourth-order valence-corrected chi connectivity index (χ4v) is 3.24. The van der Waals surface area contributed by atoms with Crippen molar-refractivity contribution in [2.24, 2.45) is 17.1 Å². The smallest absolute Gasteiger partial charge is 0.311 e. The number of hydrogen-bond acceptors (Lipinski definition) is 4. The van der Waals surface area contributed by atoms with Crippen LogP contribution in [-0.4, -0.2) is 22.6 Å². The second-order valence-electron chi connectivity index (χ2n) is 5.31. The third-order valence-electron chi connectivity index (χ3n) is 3.21. The zero-order valence-electron chi connectivity index (χ0n) is 11.5. The Morgan fingerprint density at radius 2 is 2.11 bits per heavy atom. The van der Waals surface area contributed by atoms with E-state index in [4.69, 9.17) is 5.73 Å². The minimum absolute atomic E-state index is 0.151. The zero-order chi connectivity index (χ0) is 13.9. The largest absolute Gasteiger partial charge is 0.481 e. The van der Waals surface area contributed by atoms with E-state index in [1.807, 2.05) is 27.7 Å². The molecule has 5 heteroatoms. The van der Waals surface area contributed by atoms with Crippen LogP contribution < -0.4 is 5.73 Å². The molecule has 0 spiro atoms. The summed E-state index contributed by atoms with van der Waals surface area (Å²) in [6.07, 6.45) is 1.01. The molecule has 0 saturated heterocycles. The molecule has 1 aromatic heterocycles. The summed E-state index contributed by atoms with van der Waals surface area (Å²) in [5, 5.41) is 10.4. The highest BCUT2D eigenvalue weighted by molar-refractivity contribution is 7.11. The number of aromatic nitrogens is 1. The third kappa shape index (κ3) is 3.29. The van der Waals surface area contributed by atoms with Crippen molar-refractivity contribution in [1.82, 2.24) is 4.98 Å². The molecular weight excluding hydrogens is 248 g/mol. The number of nitrogens with zero attached hydrogens (tertiary/aromatic N) is 1. The van der Waals surface area contributed by atoms with Crippen LogP contribution in [0.2, 0.25) is 0 Å². The lowest BCUT2D eigenvalue weighted by atomic mass is 9.77. The van der Waals surface area contributed by atoms with Crippen LogP contribution in [0.1, 0.15) is 35.8 Å². The van der Waals surface area contributed by atoms with E-state index in [-0.39, 0.29) is 6.54 Å². The lowest BCUT2D eigenvalue weighted by Gasteiger charge is -2.28. The molecule has 1 atom stereocenters. The molecule has 1 unspecified atom stereocenters. The van der Waals surface area contributed by atoms with Gasteiger partial charge in [0.05, 0.1) is 16.1 Å². The van der Waals surface area contributed by atoms with Gasteiger partial charge in [-0.3, -0.25) is 4.79 Å². The molecule has 0 aliphatic heterocycles. The summed E-state index contributed by atoms with van der Waals surface area (Å²) >= 11 is 1.57. The number of hydrogen-bond donors (Lipinski definition) is 2. The first kappa shape index (κ1) is 15.1. The number of aryl methyl sites for hydroxylation is 2. The Balaban J connectivity index is 3.00. The summed E-state index contributed by atoms with van der Waals surface area (Å²) in [4.78, 5) is 17.2. The van der Waals surface area contributed by atoms with Crippen LogP contribution in [0.4, 0.5) is 0 Å². The number of nitrogens with two attached hydrogens (primary N) is 1. The van der Waals surface area contributed by atoms with Crippen molar-refractivity contribution in [3.63, 3.8) is 0 Å². The molecular formula is C13H22N2O2S. The van der Waals surface area contributed by atoms with E-state index in [1.54, 1.807) is 11.3 Å². The Morgan fingerprint density at radius 1 is 1.50 bits per heavy atom. The van der Waals surface area contributed by atoms with Crippen LogP contribution in [0.5, 0.6) is 0 Å². The maximum atomic E-state index is 11.6. The van der Waals surface area contributed by atoms with Crippen molar-refractivity contribution in [2.75, 3.05) is 6.54 Å². The Morgan fingerprint density at radius 3 is 2.44 bits per heavy atom. The van der Waals surface area contributed by atoms with Crippen molar-refractivity contribution >= 4 is 17.3 Å². The van der Waals surface area contributed by atoms with Gasteiger partial charge in [-0.2, -0.15) is 0 Å². The van der Waals surface area contributed by atoms with Crippen molar-refractivity contribution < 1.29 is 9.90 Å². The molecule has 4 nitrogen and oxygen atoms in total. The van der Waals surface area contributed by atoms with Crippen molar-refractivity contribution in [2.45, 2.75) is 40.5 Å². The summed E-state index contributed by atoms with van der Waals surface area (Å²) < 4.78 is 0. The number of carboxylic acid groups (broad SMARTS) is 1. The second kappa shape index (κ2) is 5.80. The lowest BCUT2D eigenvalue weighted by molar-refractivity contribution is -0.149. The van der Waals surface area contributed by atoms with E-state index < -0.39 is 11.4 Å². The number of aliphatic carboxylic acids is 1. The first-order chi connectivity index (χ1) is 8.30. The Hall–Kier alpha value is -0.940. The lowest BCUT2D eigenvalue weighted by Crippen LogP contribution is -2.41. The maximum absolute atomic E-state index is 11.6. The minimum atomic E-state index is -0.884. The van der Waals surface area contributed by atoms with Crippen molar-refractivity contribution in [1.29, 1.82) is 0 Å². The van der Waals surface area contributed by atoms with Gasteiger partial charge >= 0.3 is 5.97 Å². The Bertz CT molecular complexity index is 409. The number of thiazole rings is 1. The molecule has 0 fully saturated rings. The molecule has 102 valence electrons. The molecule has 0 radical (unpaired) electrons. The first-order valence-corrected chi connectivity index (χ1v) is 6.99. The number of carbonyl (C=O) groups is 1. The molecule has 3 N–H and O–H groups in total. The van der Waals surface area contributed by atoms with Crippen LogP contribution in [0.25, 0.3) is 0 Å². The van der Waals surface area contributed by atoms with E-state index in [9.17, 15) is 9.90 Å². The van der Waals surface area contributed by atoms with Gasteiger partial charge < -0.3 is 10.8 Å². The zero-order valence-corrected chi connectivity index (χ0v) is 12.3. The average molecular weight is 270 g/mol. The highest BCUT2D eigenvalue weighted by Crippen LogP contribution is 2.32. The fourth-order valence-electron chi connectivity index (χ4n) is 2.16. The summed E-state index contributed by atoms with van der Waals surface area (Å²) in [6, 6.07) is 0. The van der Waals surface area contributed by atoms with E-state index in [1.165, 1.54) is 0 Å². The monoisotopic (exact) mass is 270 g/mol. The molecule has 1 rings (SSSR count). The molecule has 0 saturated carbocycles. The molecule has 18 heavy (non-hydrogen) atoms. The van der Waals surface area contributed by atoms with Crippen LogP contribution in [0.3, 0.4) is 0 Å². The van der Waals surface area contributed by atoms with Gasteiger partial charge in [-0.1, -0.05) is 13.8 Å². The maximum Gasteiger partial charge on any atom is 0.311 e. The molecule has 0 bridgehead atoms. The molecule has 0 aliphatic carbocycles. The summed E-state index contributed by atoms with van der Waals surface area (Å²) in [5.74, 6) is -0.518. The average Bonchev–Trinajstić information content (AvgIpc) is 2.55. The Labute approximate surface area is 112 Å². The van der Waals surface area contributed by atoms with Crippen molar-refractivity contribution in [3.05, 3.63) is 15.6 Å². The standard InChI is InChI=1S/C13H22N2O2S/c1-8(2)5-13(7-14,12(16)17)6-11-15-9(3)10(4)18-11/h8H,5-7,14H2,1-4H3,(H,16,17). The van der Waals surface area contributed by atoms with Crippen LogP contribution in [-0.2, 0) is 11.2 Å². The van der Waals surface area contributed by atoms with Crippen LogP contribution in [0, 0.1) is 25.2 Å². The predicted molar refractivity (Wildman–Crippen MR) is 73.9 cm³/mol. The van der Waals surface area contributed by atoms with E-state index in [0.717, 1.165) is 15.6 Å². The molecule has 1 aromatic rings. The molecule has 1 heterocycles. The number of carboxylic acids is 1. The van der Waals surface area contributed by atoms with Gasteiger partial charge in [-0.15, -0.1) is 11.3 Å². The summed E-state index contributed by atoms with van der Waals surface area (Å²) in [5.41, 5.74) is 5.84. The third-order valence-corrected chi connectivity index (χ3v) is 4.28. The number of rotatable bonds is 6. The van der Waals surface area contributed by atoms with Gasteiger partial charge in [0.1, 0.15) is 0 Å². The van der Waals surface area contributed by atoms with Crippen LogP contribution in [0.15, 0.2) is 0 Å². The van der Waals surface area contributed by atoms with E-state index >= 15 is 0 Å². The normalized spacial score (nSPS) is 14.8. The van der Waals surface area contributed by atoms with Crippen LogP contribution >= 0.6 is 11.3 Å². The molecule has 0 aromatic carbocycles. The van der Waals surface area contributed by atoms with Gasteiger partial charge in [0.15, 0.2) is 0 Å². The first-order valence-electron chi connectivity index (χ1n) is 6.17. The SMILES string of the molecule is Cc1nc(CC(CN)(CC(C)C)C(=O)O)sc1C. The highest BCUT2D eigenvalue weighted by atomic mass is 32.1. The minimum Gasteiger partial charge on any atom is -0.481 e. The summed E-state index contributed by atoms with van der Waals surface area (Å²) in [6.45, 7) is 8.14. The molecule has 0 aliphatic rings. The topological polar surface area (TPSA) is 76.2 Å².